The van der Waals surface area contributed by atoms with Crippen molar-refractivity contribution in [3.8, 4) is 5.75 Å². The zero-order valence-electron chi connectivity index (χ0n) is 15.7. The highest BCUT2D eigenvalue weighted by Gasteiger charge is 2.07. The maximum absolute atomic E-state index is 12.1. The van der Waals surface area contributed by atoms with Gasteiger partial charge in [0, 0.05) is 35.1 Å². The lowest BCUT2D eigenvalue weighted by atomic mass is 10.2. The summed E-state index contributed by atoms with van der Waals surface area (Å²) in [7, 11) is 4.04. The Bertz CT molecular complexity index is 875. The van der Waals surface area contributed by atoms with E-state index < -0.39 is 0 Å². The summed E-state index contributed by atoms with van der Waals surface area (Å²) in [6.45, 7) is 2.06. The highest BCUT2D eigenvalue weighted by molar-refractivity contribution is 8.00. The smallest absolute Gasteiger partial charge is 0.230 e. The summed E-state index contributed by atoms with van der Waals surface area (Å²) in [6, 6.07) is 16.0. The summed E-state index contributed by atoms with van der Waals surface area (Å²) >= 11 is 1.55. The number of thioether (sulfide) groups is 1. The van der Waals surface area contributed by atoms with E-state index in [-0.39, 0.29) is 5.91 Å². The summed E-state index contributed by atoms with van der Waals surface area (Å²) in [4.78, 5) is 18.6. The third-order valence-corrected chi connectivity index (χ3v) is 5.19. The van der Waals surface area contributed by atoms with Gasteiger partial charge in [-0.05, 0) is 37.9 Å². The van der Waals surface area contributed by atoms with Crippen molar-refractivity contribution in [3.05, 3.63) is 60.3 Å². The molecule has 0 aliphatic heterocycles. The van der Waals surface area contributed by atoms with E-state index in [0.717, 1.165) is 33.7 Å². The normalized spacial score (nSPS) is 11.1. The van der Waals surface area contributed by atoms with Gasteiger partial charge in [-0.15, -0.1) is 11.8 Å². The Hall–Kier alpha value is -2.44. The number of carbonyl (C=O) groups excluding carboxylic acids is 1. The third kappa shape index (κ3) is 5.77. The van der Waals surface area contributed by atoms with Crippen LogP contribution in [0.5, 0.6) is 5.75 Å². The van der Waals surface area contributed by atoms with E-state index in [1.165, 1.54) is 0 Å². The zero-order chi connectivity index (χ0) is 19.1. The first-order valence-corrected chi connectivity index (χ1v) is 9.92. The van der Waals surface area contributed by atoms with Crippen molar-refractivity contribution >= 4 is 28.6 Å². The van der Waals surface area contributed by atoms with E-state index in [4.69, 9.17) is 4.74 Å². The average Bonchev–Trinajstić information content (AvgIpc) is 3.08. The molecule has 3 aromatic rings. The first-order chi connectivity index (χ1) is 13.1. The van der Waals surface area contributed by atoms with Crippen LogP contribution in [0.4, 0.5) is 0 Å². The van der Waals surface area contributed by atoms with E-state index in [1.54, 1.807) is 11.8 Å². The predicted molar refractivity (Wildman–Crippen MR) is 111 cm³/mol. The van der Waals surface area contributed by atoms with Gasteiger partial charge in [-0.1, -0.05) is 30.3 Å². The number of H-pyrrole nitrogens is 1. The van der Waals surface area contributed by atoms with Gasteiger partial charge in [-0.3, -0.25) is 4.79 Å². The number of amides is 1. The fourth-order valence-corrected chi connectivity index (χ4v) is 3.47. The van der Waals surface area contributed by atoms with E-state index in [0.29, 0.717) is 18.9 Å². The van der Waals surface area contributed by atoms with E-state index in [9.17, 15) is 4.79 Å². The minimum atomic E-state index is 0.0246. The van der Waals surface area contributed by atoms with Crippen LogP contribution in [0.2, 0.25) is 0 Å². The van der Waals surface area contributed by atoms with Crippen molar-refractivity contribution in [3.63, 3.8) is 0 Å². The van der Waals surface area contributed by atoms with Gasteiger partial charge in [0.2, 0.25) is 5.91 Å². The Morgan fingerprint density at radius 1 is 1.15 bits per heavy atom. The second-order valence-corrected chi connectivity index (χ2v) is 7.58. The number of nitrogens with one attached hydrogen (secondary N) is 2. The molecule has 1 amide bonds. The van der Waals surface area contributed by atoms with Gasteiger partial charge in [-0.25, -0.2) is 0 Å². The molecule has 27 heavy (non-hydrogen) atoms. The van der Waals surface area contributed by atoms with Gasteiger partial charge < -0.3 is 19.9 Å². The van der Waals surface area contributed by atoms with Crippen molar-refractivity contribution in [2.75, 3.05) is 33.0 Å². The fourth-order valence-electron chi connectivity index (χ4n) is 2.61. The first-order valence-electron chi connectivity index (χ1n) is 8.94. The van der Waals surface area contributed by atoms with Gasteiger partial charge in [0.1, 0.15) is 12.4 Å². The number of para-hydroxylation sites is 1. The summed E-state index contributed by atoms with van der Waals surface area (Å²) in [5, 5.41) is 4.12. The van der Waals surface area contributed by atoms with E-state index in [2.05, 4.69) is 21.3 Å². The van der Waals surface area contributed by atoms with Gasteiger partial charge in [0.15, 0.2) is 0 Å². The SMILES string of the molecule is CN(C)CCOc1ccc(CNC(=O)CSc2c[nH]c3ccccc23)cc1. The summed E-state index contributed by atoms with van der Waals surface area (Å²) in [5.41, 5.74) is 2.15. The fraction of sp³-hybridized carbons (Fsp3) is 0.286. The Morgan fingerprint density at radius 2 is 1.93 bits per heavy atom. The maximum Gasteiger partial charge on any atom is 0.230 e. The van der Waals surface area contributed by atoms with Crippen LogP contribution in [0.25, 0.3) is 10.9 Å². The molecule has 0 aliphatic carbocycles. The van der Waals surface area contributed by atoms with Gasteiger partial charge in [-0.2, -0.15) is 0 Å². The van der Waals surface area contributed by atoms with Crippen LogP contribution < -0.4 is 10.1 Å². The third-order valence-electron chi connectivity index (χ3n) is 4.13. The second-order valence-electron chi connectivity index (χ2n) is 6.56. The van der Waals surface area contributed by atoms with Crippen molar-refractivity contribution in [1.29, 1.82) is 0 Å². The molecule has 1 heterocycles. The molecule has 0 aliphatic rings. The van der Waals surface area contributed by atoms with Crippen molar-refractivity contribution in [1.82, 2.24) is 15.2 Å². The molecule has 0 bridgehead atoms. The monoisotopic (exact) mass is 383 g/mol. The zero-order valence-corrected chi connectivity index (χ0v) is 16.5. The van der Waals surface area contributed by atoms with E-state index in [1.807, 2.05) is 62.8 Å². The number of hydrogen-bond donors (Lipinski definition) is 2. The molecule has 5 nitrogen and oxygen atoms in total. The van der Waals surface area contributed by atoms with E-state index >= 15 is 0 Å². The number of carbonyl (C=O) groups is 1. The number of aromatic nitrogens is 1. The lowest BCUT2D eigenvalue weighted by Crippen LogP contribution is -2.24. The Kier molecular flexibility index (Phi) is 6.79. The quantitative estimate of drug-likeness (QED) is 0.555. The van der Waals surface area contributed by atoms with Crippen LogP contribution in [0.15, 0.2) is 59.6 Å². The standard InChI is InChI=1S/C21H25N3O2S/c1-24(2)11-12-26-17-9-7-16(8-10-17)13-23-21(25)15-27-20-14-22-19-6-4-3-5-18(19)20/h3-10,14,22H,11-13,15H2,1-2H3,(H,23,25). The summed E-state index contributed by atoms with van der Waals surface area (Å²) < 4.78 is 5.68. The first kappa shape index (κ1) is 19.3. The number of benzene rings is 2. The summed E-state index contributed by atoms with van der Waals surface area (Å²) in [6.07, 6.45) is 1.96. The molecule has 0 radical (unpaired) electrons. The van der Waals surface area contributed by atoms with Crippen LogP contribution in [-0.2, 0) is 11.3 Å². The molecule has 3 rings (SSSR count). The van der Waals surface area contributed by atoms with Gasteiger partial charge in [0.05, 0.1) is 5.75 Å². The second kappa shape index (κ2) is 9.48. The van der Waals surface area contributed by atoms with Crippen molar-refractivity contribution in [2.45, 2.75) is 11.4 Å². The van der Waals surface area contributed by atoms with Gasteiger partial charge >= 0.3 is 0 Å². The molecule has 0 fully saturated rings. The minimum absolute atomic E-state index is 0.0246. The number of nitrogens with zero attached hydrogens (tertiary/aromatic N) is 1. The molecule has 0 atom stereocenters. The lowest BCUT2D eigenvalue weighted by molar-refractivity contribution is -0.118. The van der Waals surface area contributed by atoms with Crippen LogP contribution >= 0.6 is 11.8 Å². The van der Waals surface area contributed by atoms with Crippen molar-refractivity contribution in [2.24, 2.45) is 0 Å². The van der Waals surface area contributed by atoms with Crippen LogP contribution in [0.3, 0.4) is 0 Å². The average molecular weight is 384 g/mol. The van der Waals surface area contributed by atoms with Crippen LogP contribution in [-0.4, -0.2) is 48.8 Å². The Balaban J connectivity index is 1.42. The molecule has 2 N–H and O–H groups in total. The highest BCUT2D eigenvalue weighted by Crippen LogP contribution is 2.27. The molecule has 0 unspecified atom stereocenters. The molecule has 0 saturated heterocycles. The summed E-state index contributed by atoms with van der Waals surface area (Å²) in [5.74, 6) is 1.27. The number of hydrogen-bond acceptors (Lipinski definition) is 4. The molecular weight excluding hydrogens is 358 g/mol. The number of fused-ring (bicyclic) bond motifs is 1. The predicted octanol–water partition coefficient (Wildman–Crippen LogP) is 3.52. The Labute approximate surface area is 164 Å². The minimum Gasteiger partial charge on any atom is -0.492 e. The van der Waals surface area contributed by atoms with Gasteiger partial charge in [0.25, 0.3) is 0 Å². The van der Waals surface area contributed by atoms with Crippen LogP contribution in [0, 0.1) is 0 Å². The molecule has 6 heteroatoms. The molecular formula is C21H25N3O2S. The van der Waals surface area contributed by atoms with Crippen LogP contribution in [0.1, 0.15) is 5.56 Å². The molecule has 0 spiro atoms. The molecule has 2 aromatic carbocycles. The largest absolute Gasteiger partial charge is 0.492 e. The molecule has 142 valence electrons. The highest BCUT2D eigenvalue weighted by atomic mass is 32.2. The number of rotatable bonds is 9. The lowest BCUT2D eigenvalue weighted by Gasteiger charge is -2.11. The molecule has 0 saturated carbocycles. The molecule has 1 aromatic heterocycles. The topological polar surface area (TPSA) is 57.4 Å². The maximum atomic E-state index is 12.1. The number of aromatic amines is 1. The Morgan fingerprint density at radius 3 is 2.70 bits per heavy atom. The number of ether oxygens (including phenoxy) is 1. The number of likely N-dealkylation sites (N-methyl/N-ethyl adjacent to an activating group) is 1. The van der Waals surface area contributed by atoms with Crippen molar-refractivity contribution < 1.29 is 9.53 Å².